The van der Waals surface area contributed by atoms with Crippen LogP contribution in [0, 0.1) is 0 Å². The van der Waals surface area contributed by atoms with Crippen LogP contribution in [0.5, 0.6) is 23.0 Å². The number of carbonyl (C=O) groups is 1. The lowest BCUT2D eigenvalue weighted by Crippen LogP contribution is -2.59. The molecule has 0 radical (unpaired) electrons. The molecule has 2 fully saturated rings. The number of methoxy groups -OCH3 is 2. The number of benzene rings is 2. The van der Waals surface area contributed by atoms with Gasteiger partial charge in [0.15, 0.2) is 17.8 Å². The van der Waals surface area contributed by atoms with Crippen molar-refractivity contribution in [3.63, 3.8) is 0 Å². The number of aromatic hydroxyl groups is 1. The number of aliphatic hydroxyl groups excluding tert-OH is 6. The Morgan fingerprint density at radius 3 is 2.02 bits per heavy atom. The number of esters is 1. The van der Waals surface area contributed by atoms with E-state index in [1.165, 1.54) is 33.3 Å². The molecule has 0 saturated carbocycles. The smallest absolute Gasteiger partial charge is 0.338 e. The maximum Gasteiger partial charge on any atom is 0.338 e. The predicted molar refractivity (Wildman–Crippen MR) is 156 cm³/mol. The van der Waals surface area contributed by atoms with E-state index >= 15 is 0 Å². The number of carbonyl (C=O) groups excluding carboxylic acids is 1. The molecule has 4 rings (SSSR count). The van der Waals surface area contributed by atoms with Crippen molar-refractivity contribution in [3.05, 3.63) is 47.5 Å². The van der Waals surface area contributed by atoms with Gasteiger partial charge in [0, 0.05) is 0 Å². The van der Waals surface area contributed by atoms with E-state index in [1.54, 1.807) is 31.2 Å². The van der Waals surface area contributed by atoms with Crippen molar-refractivity contribution in [2.75, 3.05) is 20.8 Å². The minimum Gasteiger partial charge on any atom is -0.508 e. The van der Waals surface area contributed by atoms with Gasteiger partial charge in [-0.2, -0.15) is 0 Å². The standard InChI is InChI=1S/C31H42O15/c1-14(5-6-16-7-9-18(32)10-8-16)43-30-27(38)25(36)23(34)21(45-30)13-42-29(39)17-11-19(40-3)28(20(12-17)41-4)46-31-26(37)24(35)22(33)15(2)44-31/h7-12,14-15,21-27,30-38H,5-6,13H2,1-4H3/t14-,15+,21+,22+,23+,24-,25-,26+,27+,30+,31-/m1/s1. The summed E-state index contributed by atoms with van der Waals surface area (Å²) in [4.78, 5) is 13.1. The number of rotatable bonds is 12. The Hall–Kier alpha value is -3.25. The SMILES string of the molecule is COc1cc(C(=O)OC[C@@H]2O[C@H](O[C@H](C)CCc3ccc(O)cc3)[C@@H](O)[C@H](O)[C@H]2O)cc(OC)c1O[C@H]1O[C@@H](C)[C@H](O)[C@@H](O)[C@@H]1O. The minimum atomic E-state index is -1.65. The van der Waals surface area contributed by atoms with Crippen molar-refractivity contribution in [1.82, 2.24) is 0 Å². The van der Waals surface area contributed by atoms with Gasteiger partial charge in [0.1, 0.15) is 55.1 Å². The summed E-state index contributed by atoms with van der Waals surface area (Å²) in [5, 5.41) is 71.3. The molecule has 0 aliphatic carbocycles. The molecule has 15 heteroatoms. The van der Waals surface area contributed by atoms with Crippen LogP contribution in [-0.2, 0) is 25.4 Å². The molecule has 256 valence electrons. The quantitative estimate of drug-likeness (QED) is 0.145. The number of phenols is 1. The lowest BCUT2D eigenvalue weighted by atomic mass is 9.99. The van der Waals surface area contributed by atoms with Crippen molar-refractivity contribution in [3.8, 4) is 23.0 Å². The summed E-state index contributed by atoms with van der Waals surface area (Å²) in [5.74, 6) is -0.834. The zero-order valence-corrected chi connectivity index (χ0v) is 25.8. The van der Waals surface area contributed by atoms with Gasteiger partial charge in [-0.25, -0.2) is 4.79 Å². The van der Waals surface area contributed by atoms with Gasteiger partial charge in [-0.05, 0) is 56.5 Å². The summed E-state index contributed by atoms with van der Waals surface area (Å²) < 4.78 is 38.8. The molecule has 2 aliphatic heterocycles. The van der Waals surface area contributed by atoms with Crippen LogP contribution in [-0.4, -0.2) is 130 Å². The molecule has 2 aromatic carbocycles. The fourth-order valence-corrected chi connectivity index (χ4v) is 5.08. The molecule has 2 saturated heterocycles. The molecule has 2 aliphatic rings. The van der Waals surface area contributed by atoms with Gasteiger partial charge in [-0.15, -0.1) is 0 Å². The molecule has 0 spiro atoms. The molecule has 11 atom stereocenters. The summed E-state index contributed by atoms with van der Waals surface area (Å²) in [5.41, 5.74) is 0.899. The van der Waals surface area contributed by atoms with Gasteiger partial charge < -0.3 is 68.9 Å². The Kier molecular flexibility index (Phi) is 12.0. The first-order chi connectivity index (χ1) is 21.8. The largest absolute Gasteiger partial charge is 0.508 e. The second-order valence-electron chi connectivity index (χ2n) is 11.3. The van der Waals surface area contributed by atoms with Gasteiger partial charge in [-0.3, -0.25) is 0 Å². The highest BCUT2D eigenvalue weighted by atomic mass is 16.7. The summed E-state index contributed by atoms with van der Waals surface area (Å²) >= 11 is 0. The topological polar surface area (TPSA) is 223 Å². The molecular formula is C31H42O15. The summed E-state index contributed by atoms with van der Waals surface area (Å²) in [6, 6.07) is 9.23. The Bertz CT molecular complexity index is 1260. The van der Waals surface area contributed by atoms with Crippen LogP contribution < -0.4 is 14.2 Å². The first kappa shape index (κ1) is 35.6. The zero-order chi connectivity index (χ0) is 33.7. The van der Waals surface area contributed by atoms with Gasteiger partial charge in [0.25, 0.3) is 0 Å². The van der Waals surface area contributed by atoms with Crippen LogP contribution in [0.4, 0.5) is 0 Å². The normalized spacial score (nSPS) is 32.0. The van der Waals surface area contributed by atoms with E-state index in [1.807, 2.05) is 0 Å². The Balaban J connectivity index is 1.39. The number of hydrogen-bond donors (Lipinski definition) is 7. The molecule has 2 heterocycles. The van der Waals surface area contributed by atoms with E-state index in [2.05, 4.69) is 0 Å². The maximum atomic E-state index is 13.1. The third-order valence-corrected chi connectivity index (χ3v) is 7.93. The van der Waals surface area contributed by atoms with E-state index in [0.29, 0.717) is 12.8 Å². The lowest BCUT2D eigenvalue weighted by Gasteiger charge is -2.40. The minimum absolute atomic E-state index is 0.0161. The van der Waals surface area contributed by atoms with E-state index in [0.717, 1.165) is 5.56 Å². The van der Waals surface area contributed by atoms with Crippen molar-refractivity contribution in [2.24, 2.45) is 0 Å². The molecular weight excluding hydrogens is 612 g/mol. The summed E-state index contributed by atoms with van der Waals surface area (Å²) in [7, 11) is 2.59. The zero-order valence-electron chi connectivity index (χ0n) is 25.8. The molecule has 0 unspecified atom stereocenters. The van der Waals surface area contributed by atoms with Crippen LogP contribution in [0.1, 0.15) is 36.2 Å². The molecule has 15 nitrogen and oxygen atoms in total. The van der Waals surface area contributed by atoms with Crippen LogP contribution in [0.2, 0.25) is 0 Å². The van der Waals surface area contributed by atoms with Crippen molar-refractivity contribution in [2.45, 2.75) is 94.2 Å². The van der Waals surface area contributed by atoms with Crippen LogP contribution >= 0.6 is 0 Å². The van der Waals surface area contributed by atoms with Crippen LogP contribution in [0.25, 0.3) is 0 Å². The maximum absolute atomic E-state index is 13.1. The summed E-state index contributed by atoms with van der Waals surface area (Å²) in [6.45, 7) is 2.73. The highest BCUT2D eigenvalue weighted by Crippen LogP contribution is 2.41. The third kappa shape index (κ3) is 8.17. The molecule has 0 bridgehead atoms. The summed E-state index contributed by atoms with van der Waals surface area (Å²) in [6.07, 6.45) is -13.5. The van der Waals surface area contributed by atoms with E-state index in [9.17, 15) is 40.5 Å². The Morgan fingerprint density at radius 1 is 0.826 bits per heavy atom. The number of ether oxygens (including phenoxy) is 7. The van der Waals surface area contributed by atoms with Crippen LogP contribution in [0.15, 0.2) is 36.4 Å². The number of aryl methyl sites for hydroxylation is 1. The van der Waals surface area contributed by atoms with E-state index in [-0.39, 0.29) is 28.6 Å². The molecule has 0 amide bonds. The number of phenolic OH excluding ortho intramolecular Hbond substituents is 1. The van der Waals surface area contributed by atoms with Gasteiger partial charge in [0.05, 0.1) is 32.0 Å². The lowest BCUT2D eigenvalue weighted by molar-refractivity contribution is -0.310. The first-order valence-corrected chi connectivity index (χ1v) is 14.8. The predicted octanol–water partition coefficient (Wildman–Crippen LogP) is -0.382. The second kappa shape index (κ2) is 15.6. The third-order valence-electron chi connectivity index (χ3n) is 7.93. The van der Waals surface area contributed by atoms with Crippen molar-refractivity contribution in [1.29, 1.82) is 0 Å². The number of hydrogen-bond acceptors (Lipinski definition) is 15. The Morgan fingerprint density at radius 2 is 1.41 bits per heavy atom. The van der Waals surface area contributed by atoms with Crippen molar-refractivity contribution >= 4 is 5.97 Å². The van der Waals surface area contributed by atoms with Gasteiger partial charge >= 0.3 is 5.97 Å². The van der Waals surface area contributed by atoms with E-state index < -0.39 is 80.1 Å². The molecule has 0 aromatic heterocycles. The Labute approximate surface area is 265 Å². The fraction of sp³-hybridized carbons (Fsp3) is 0.581. The van der Waals surface area contributed by atoms with Gasteiger partial charge in [0.2, 0.25) is 12.0 Å². The fourth-order valence-electron chi connectivity index (χ4n) is 5.08. The molecule has 7 N–H and O–H groups in total. The highest BCUT2D eigenvalue weighted by molar-refractivity contribution is 5.91. The highest BCUT2D eigenvalue weighted by Gasteiger charge is 2.46. The van der Waals surface area contributed by atoms with E-state index in [4.69, 9.17) is 33.2 Å². The van der Waals surface area contributed by atoms with Crippen molar-refractivity contribution < 1.29 is 73.7 Å². The second-order valence-corrected chi connectivity index (χ2v) is 11.3. The first-order valence-electron chi connectivity index (χ1n) is 14.8. The monoisotopic (exact) mass is 654 g/mol. The van der Waals surface area contributed by atoms with Gasteiger partial charge in [-0.1, -0.05) is 12.1 Å². The average Bonchev–Trinajstić information content (AvgIpc) is 3.05. The molecule has 2 aromatic rings. The van der Waals surface area contributed by atoms with Crippen LogP contribution in [0.3, 0.4) is 0 Å². The molecule has 46 heavy (non-hydrogen) atoms. The average molecular weight is 655 g/mol. The number of aliphatic hydroxyl groups is 6.